The monoisotopic (exact) mass is 311 g/mol. The first-order chi connectivity index (χ1) is 9.43. The zero-order valence-corrected chi connectivity index (χ0v) is 12.5. The molecule has 6 heteroatoms. The number of rotatable bonds is 3. The third kappa shape index (κ3) is 2.79. The Labute approximate surface area is 126 Å². The summed E-state index contributed by atoms with van der Waals surface area (Å²) < 4.78 is 14.9. The number of nitriles is 1. The van der Waals surface area contributed by atoms with E-state index in [1.165, 1.54) is 16.8 Å². The largest absolute Gasteiger partial charge is 0.220 e. The Kier molecular flexibility index (Phi) is 4.32. The van der Waals surface area contributed by atoms with E-state index in [0.29, 0.717) is 29.3 Å². The molecule has 0 saturated carbocycles. The van der Waals surface area contributed by atoms with Gasteiger partial charge in [-0.25, -0.2) is 9.07 Å². The van der Waals surface area contributed by atoms with E-state index in [-0.39, 0.29) is 10.2 Å². The quantitative estimate of drug-likeness (QED) is 0.843. The van der Waals surface area contributed by atoms with Crippen molar-refractivity contribution in [2.75, 3.05) is 0 Å². The van der Waals surface area contributed by atoms with Gasteiger partial charge in [0.1, 0.15) is 17.4 Å². The van der Waals surface area contributed by atoms with Gasteiger partial charge in [0.05, 0.1) is 16.4 Å². The van der Waals surface area contributed by atoms with Crippen molar-refractivity contribution in [2.45, 2.75) is 20.3 Å². The summed E-state index contributed by atoms with van der Waals surface area (Å²) in [6, 6.07) is 6.32. The molecule has 0 N–H and O–H groups in total. The zero-order valence-electron chi connectivity index (χ0n) is 11.0. The molecule has 0 radical (unpaired) electrons. The molecule has 1 heterocycles. The minimum Gasteiger partial charge on any atom is -0.220 e. The Morgan fingerprint density at radius 2 is 2.10 bits per heavy atom. The lowest BCUT2D eigenvalue weighted by Gasteiger charge is -2.04. The lowest BCUT2D eigenvalue weighted by Crippen LogP contribution is -2.00. The van der Waals surface area contributed by atoms with E-state index in [0.717, 1.165) is 0 Å². The molecular formula is C14H12Cl2FN3. The number of halogens is 3. The van der Waals surface area contributed by atoms with Gasteiger partial charge in [-0.15, -0.1) is 0 Å². The minimum atomic E-state index is -0.556. The van der Waals surface area contributed by atoms with Gasteiger partial charge in [0.15, 0.2) is 5.15 Å². The van der Waals surface area contributed by atoms with E-state index in [4.69, 9.17) is 23.2 Å². The third-order valence-electron chi connectivity index (χ3n) is 2.76. The Balaban J connectivity index is 2.54. The highest BCUT2D eigenvalue weighted by Gasteiger charge is 2.18. The maximum Gasteiger partial charge on any atom is 0.150 e. The van der Waals surface area contributed by atoms with Crippen molar-refractivity contribution in [1.82, 2.24) is 9.78 Å². The van der Waals surface area contributed by atoms with E-state index in [1.54, 1.807) is 6.07 Å². The number of hydrogen-bond donors (Lipinski definition) is 0. The highest BCUT2D eigenvalue weighted by Crippen LogP contribution is 2.26. The van der Waals surface area contributed by atoms with Gasteiger partial charge in [-0.1, -0.05) is 37.0 Å². The first-order valence-corrected chi connectivity index (χ1v) is 6.82. The van der Waals surface area contributed by atoms with Crippen LogP contribution in [-0.2, 0) is 6.42 Å². The van der Waals surface area contributed by atoms with Gasteiger partial charge in [0, 0.05) is 6.07 Å². The van der Waals surface area contributed by atoms with E-state index in [1.807, 2.05) is 13.8 Å². The van der Waals surface area contributed by atoms with E-state index in [9.17, 15) is 9.65 Å². The molecule has 0 bridgehead atoms. The van der Waals surface area contributed by atoms with E-state index >= 15 is 0 Å². The van der Waals surface area contributed by atoms with Crippen LogP contribution in [0, 0.1) is 23.1 Å². The first kappa shape index (κ1) is 14.8. The molecule has 1 aromatic carbocycles. The average molecular weight is 312 g/mol. The van der Waals surface area contributed by atoms with Crippen molar-refractivity contribution in [2.24, 2.45) is 5.92 Å². The number of hydrogen-bond acceptors (Lipinski definition) is 2. The number of aromatic nitrogens is 2. The zero-order chi connectivity index (χ0) is 14.9. The van der Waals surface area contributed by atoms with Crippen LogP contribution in [0.3, 0.4) is 0 Å². The molecule has 2 aromatic rings. The van der Waals surface area contributed by atoms with Gasteiger partial charge in [0.2, 0.25) is 0 Å². The second-order valence-electron chi connectivity index (χ2n) is 4.83. The first-order valence-electron chi connectivity index (χ1n) is 6.07. The normalized spacial score (nSPS) is 10.8. The molecule has 0 saturated heterocycles. The molecule has 3 nitrogen and oxygen atoms in total. The molecule has 0 fully saturated rings. The fraction of sp³-hybridized carbons (Fsp3) is 0.286. The highest BCUT2D eigenvalue weighted by molar-refractivity contribution is 6.31. The summed E-state index contributed by atoms with van der Waals surface area (Å²) in [5.41, 5.74) is 1.38. The Hall–Kier alpha value is -1.57. The second-order valence-corrected chi connectivity index (χ2v) is 5.60. The van der Waals surface area contributed by atoms with Gasteiger partial charge in [-0.3, -0.25) is 0 Å². The lowest BCUT2D eigenvalue weighted by atomic mass is 10.1. The van der Waals surface area contributed by atoms with E-state index in [2.05, 4.69) is 11.2 Å². The SMILES string of the molecule is CC(C)Cc1nn(-c2ccc(Cl)c(F)c2)c(Cl)c1C#N. The van der Waals surface area contributed by atoms with Gasteiger partial charge in [-0.2, -0.15) is 10.4 Å². The Morgan fingerprint density at radius 3 is 2.65 bits per heavy atom. The molecule has 0 spiro atoms. The Morgan fingerprint density at radius 1 is 1.40 bits per heavy atom. The topological polar surface area (TPSA) is 41.6 Å². The van der Waals surface area contributed by atoms with Gasteiger partial charge in [0.25, 0.3) is 0 Å². The summed E-state index contributed by atoms with van der Waals surface area (Å²) in [6.45, 7) is 4.05. The minimum absolute atomic E-state index is 0.0277. The third-order valence-corrected chi connectivity index (χ3v) is 3.42. The van der Waals surface area contributed by atoms with Crippen LogP contribution in [0.15, 0.2) is 18.2 Å². The highest BCUT2D eigenvalue weighted by atomic mass is 35.5. The summed E-state index contributed by atoms with van der Waals surface area (Å²) >= 11 is 11.8. The molecule has 0 amide bonds. The van der Waals surface area contributed by atoms with Crippen LogP contribution >= 0.6 is 23.2 Å². The Bertz CT molecular complexity index is 686. The van der Waals surface area contributed by atoms with Crippen LogP contribution in [0.25, 0.3) is 5.69 Å². The van der Waals surface area contributed by atoms with Gasteiger partial charge < -0.3 is 0 Å². The number of benzene rings is 1. The molecule has 0 atom stereocenters. The lowest BCUT2D eigenvalue weighted by molar-refractivity contribution is 0.620. The maximum absolute atomic E-state index is 13.5. The van der Waals surface area contributed by atoms with Crippen LogP contribution in [0.2, 0.25) is 10.2 Å². The molecule has 1 aromatic heterocycles. The summed E-state index contributed by atoms with van der Waals surface area (Å²) in [5.74, 6) is -0.219. The van der Waals surface area contributed by atoms with Crippen molar-refractivity contribution >= 4 is 23.2 Å². The van der Waals surface area contributed by atoms with Crippen LogP contribution in [0.5, 0.6) is 0 Å². The molecule has 0 unspecified atom stereocenters. The summed E-state index contributed by atoms with van der Waals surface area (Å²) in [6.07, 6.45) is 0.631. The van der Waals surface area contributed by atoms with Gasteiger partial charge in [-0.05, 0) is 24.5 Å². The van der Waals surface area contributed by atoms with Crippen LogP contribution in [-0.4, -0.2) is 9.78 Å². The summed E-state index contributed by atoms with van der Waals surface area (Å²) in [4.78, 5) is 0. The van der Waals surface area contributed by atoms with Crippen LogP contribution in [0.1, 0.15) is 25.1 Å². The predicted octanol–water partition coefficient (Wildman–Crippen LogP) is 4.39. The summed E-state index contributed by atoms with van der Waals surface area (Å²) in [7, 11) is 0. The molecule has 0 aliphatic rings. The van der Waals surface area contributed by atoms with E-state index < -0.39 is 5.82 Å². The van der Waals surface area contributed by atoms with Crippen molar-refractivity contribution in [1.29, 1.82) is 5.26 Å². The van der Waals surface area contributed by atoms with Crippen molar-refractivity contribution in [3.8, 4) is 11.8 Å². The van der Waals surface area contributed by atoms with Crippen molar-refractivity contribution in [3.05, 3.63) is 45.4 Å². The summed E-state index contributed by atoms with van der Waals surface area (Å²) in [5, 5.41) is 13.7. The molecule has 2 rings (SSSR count). The molecule has 104 valence electrons. The fourth-order valence-electron chi connectivity index (χ4n) is 1.87. The molecule has 20 heavy (non-hydrogen) atoms. The maximum atomic E-state index is 13.5. The van der Waals surface area contributed by atoms with Crippen LogP contribution < -0.4 is 0 Å². The van der Waals surface area contributed by atoms with Crippen molar-refractivity contribution < 1.29 is 4.39 Å². The number of nitrogens with zero attached hydrogens (tertiary/aromatic N) is 3. The van der Waals surface area contributed by atoms with Gasteiger partial charge >= 0.3 is 0 Å². The smallest absolute Gasteiger partial charge is 0.150 e. The average Bonchev–Trinajstić information content (AvgIpc) is 2.68. The standard InChI is InChI=1S/C14H12Cl2FN3/c1-8(2)5-13-10(7-18)14(16)20(19-13)9-3-4-11(15)12(17)6-9/h3-4,6,8H,5H2,1-2H3. The predicted molar refractivity (Wildman–Crippen MR) is 76.8 cm³/mol. The fourth-order valence-corrected chi connectivity index (χ4v) is 2.27. The second kappa shape index (κ2) is 5.82. The van der Waals surface area contributed by atoms with Crippen molar-refractivity contribution in [3.63, 3.8) is 0 Å². The molecule has 0 aliphatic heterocycles. The van der Waals surface area contributed by atoms with Crippen LogP contribution in [0.4, 0.5) is 4.39 Å². The molecule has 0 aliphatic carbocycles. The molecular weight excluding hydrogens is 300 g/mol.